The van der Waals surface area contributed by atoms with Crippen molar-refractivity contribution in [2.45, 2.75) is 12.8 Å². The third-order valence-electron chi connectivity index (χ3n) is 4.90. The number of nitrogens with zero attached hydrogens (tertiary/aromatic N) is 1. The molecule has 1 fully saturated rings. The number of carbonyl (C=O) groups is 3. The lowest BCUT2D eigenvalue weighted by atomic mass is 9.95. The van der Waals surface area contributed by atoms with Gasteiger partial charge < -0.3 is 15.0 Å². The van der Waals surface area contributed by atoms with Crippen molar-refractivity contribution in [1.29, 1.82) is 0 Å². The molecular weight excluding hydrogens is 382 g/mol. The summed E-state index contributed by atoms with van der Waals surface area (Å²) in [6.45, 7) is 0.540. The number of nitrogens with one attached hydrogen (secondary N) is 1. The predicted octanol–water partition coefficient (Wildman–Crippen LogP) is 3.24. The van der Waals surface area contributed by atoms with E-state index >= 15 is 0 Å². The van der Waals surface area contributed by atoms with Crippen molar-refractivity contribution in [3.8, 4) is 0 Å². The van der Waals surface area contributed by atoms with Crippen LogP contribution in [0.15, 0.2) is 42.5 Å². The molecule has 0 unspecified atom stereocenters. The number of benzene rings is 2. The van der Waals surface area contributed by atoms with E-state index in [9.17, 15) is 23.2 Å². The lowest BCUT2D eigenvalue weighted by Crippen LogP contribution is -2.41. The molecule has 0 aliphatic carbocycles. The minimum Gasteiger partial charge on any atom is -0.465 e. The lowest BCUT2D eigenvalue weighted by molar-refractivity contribution is -0.121. The molecule has 0 saturated carbocycles. The summed E-state index contributed by atoms with van der Waals surface area (Å²) in [5.74, 6) is -3.36. The maximum Gasteiger partial charge on any atom is 0.339 e. The van der Waals surface area contributed by atoms with E-state index in [-0.39, 0.29) is 36.0 Å². The van der Waals surface area contributed by atoms with Gasteiger partial charge in [-0.3, -0.25) is 9.59 Å². The average molecular weight is 402 g/mol. The fourth-order valence-electron chi connectivity index (χ4n) is 3.29. The van der Waals surface area contributed by atoms with Gasteiger partial charge in [-0.05, 0) is 37.1 Å². The van der Waals surface area contributed by atoms with Crippen LogP contribution in [0.1, 0.15) is 33.6 Å². The molecule has 29 heavy (non-hydrogen) atoms. The summed E-state index contributed by atoms with van der Waals surface area (Å²) in [5, 5.41) is 2.74. The number of carbonyl (C=O) groups excluding carboxylic acids is 3. The highest BCUT2D eigenvalue weighted by Gasteiger charge is 2.29. The van der Waals surface area contributed by atoms with E-state index < -0.39 is 23.5 Å². The van der Waals surface area contributed by atoms with Gasteiger partial charge in [-0.15, -0.1) is 0 Å². The zero-order valence-corrected chi connectivity index (χ0v) is 15.8. The fraction of sp³-hybridized carbons (Fsp3) is 0.286. The molecule has 1 aliphatic heterocycles. The van der Waals surface area contributed by atoms with Gasteiger partial charge in [0.2, 0.25) is 5.91 Å². The number of ether oxygens (including phenoxy) is 1. The Morgan fingerprint density at radius 3 is 2.38 bits per heavy atom. The highest BCUT2D eigenvalue weighted by molar-refractivity contribution is 6.02. The molecule has 1 N–H and O–H groups in total. The third kappa shape index (κ3) is 4.59. The monoisotopic (exact) mass is 402 g/mol. The SMILES string of the molecule is COC(=O)c1ccccc1NC(=O)C1CCN(C(=O)c2ccc(F)cc2F)CC1. The molecule has 0 radical (unpaired) electrons. The Labute approximate surface area is 166 Å². The second-order valence-electron chi connectivity index (χ2n) is 6.72. The first-order valence-electron chi connectivity index (χ1n) is 9.13. The van der Waals surface area contributed by atoms with Crippen molar-refractivity contribution in [2.75, 3.05) is 25.5 Å². The Morgan fingerprint density at radius 2 is 1.72 bits per heavy atom. The van der Waals surface area contributed by atoms with Gasteiger partial charge in [0.1, 0.15) is 11.6 Å². The van der Waals surface area contributed by atoms with Crippen molar-refractivity contribution in [3.63, 3.8) is 0 Å². The molecular formula is C21H20F2N2O4. The number of amides is 2. The van der Waals surface area contributed by atoms with E-state index in [1.807, 2.05) is 0 Å². The second kappa shape index (κ2) is 8.81. The van der Waals surface area contributed by atoms with Crippen LogP contribution in [-0.2, 0) is 9.53 Å². The number of methoxy groups -OCH3 is 1. The van der Waals surface area contributed by atoms with Gasteiger partial charge in [0.15, 0.2) is 0 Å². The van der Waals surface area contributed by atoms with Crippen molar-refractivity contribution in [2.24, 2.45) is 5.92 Å². The van der Waals surface area contributed by atoms with Gasteiger partial charge in [-0.1, -0.05) is 12.1 Å². The highest BCUT2D eigenvalue weighted by atomic mass is 19.1. The van der Waals surface area contributed by atoms with Crippen LogP contribution < -0.4 is 5.32 Å². The Morgan fingerprint density at radius 1 is 1.03 bits per heavy atom. The maximum atomic E-state index is 13.8. The number of rotatable bonds is 4. The van der Waals surface area contributed by atoms with E-state index in [1.54, 1.807) is 24.3 Å². The molecule has 8 heteroatoms. The molecule has 2 amide bonds. The molecule has 1 aliphatic rings. The van der Waals surface area contributed by atoms with Crippen LogP contribution in [0.4, 0.5) is 14.5 Å². The average Bonchev–Trinajstić information content (AvgIpc) is 2.73. The molecule has 0 atom stereocenters. The minimum absolute atomic E-state index is 0.193. The number of hydrogen-bond donors (Lipinski definition) is 1. The van der Waals surface area contributed by atoms with Crippen LogP contribution in [0.2, 0.25) is 0 Å². The molecule has 152 valence electrons. The van der Waals surface area contributed by atoms with E-state index in [0.29, 0.717) is 24.6 Å². The summed E-state index contributed by atoms with van der Waals surface area (Å²) in [7, 11) is 1.26. The van der Waals surface area contributed by atoms with Gasteiger partial charge in [0.05, 0.1) is 23.9 Å². The van der Waals surface area contributed by atoms with E-state index in [1.165, 1.54) is 12.0 Å². The van der Waals surface area contributed by atoms with Crippen LogP contribution >= 0.6 is 0 Å². The molecule has 0 aromatic heterocycles. The molecule has 0 bridgehead atoms. The molecule has 2 aromatic carbocycles. The Kier molecular flexibility index (Phi) is 6.21. The zero-order valence-electron chi connectivity index (χ0n) is 15.8. The Balaban J connectivity index is 1.62. The maximum absolute atomic E-state index is 13.8. The number of piperidine rings is 1. The smallest absolute Gasteiger partial charge is 0.339 e. The quantitative estimate of drug-likeness (QED) is 0.797. The predicted molar refractivity (Wildman–Crippen MR) is 101 cm³/mol. The number of para-hydroxylation sites is 1. The highest BCUT2D eigenvalue weighted by Crippen LogP contribution is 2.23. The lowest BCUT2D eigenvalue weighted by Gasteiger charge is -2.31. The van der Waals surface area contributed by atoms with Gasteiger partial charge in [0, 0.05) is 25.1 Å². The van der Waals surface area contributed by atoms with Gasteiger partial charge in [0.25, 0.3) is 5.91 Å². The topological polar surface area (TPSA) is 75.7 Å². The van der Waals surface area contributed by atoms with Crippen LogP contribution in [-0.4, -0.2) is 42.9 Å². The Hall–Kier alpha value is -3.29. The fourth-order valence-corrected chi connectivity index (χ4v) is 3.29. The number of anilines is 1. The molecule has 6 nitrogen and oxygen atoms in total. The first-order chi connectivity index (χ1) is 13.9. The largest absolute Gasteiger partial charge is 0.465 e. The van der Waals surface area contributed by atoms with Crippen molar-refractivity contribution in [1.82, 2.24) is 4.90 Å². The van der Waals surface area contributed by atoms with E-state index in [4.69, 9.17) is 4.74 Å². The van der Waals surface area contributed by atoms with Gasteiger partial charge in [-0.2, -0.15) is 0 Å². The number of likely N-dealkylation sites (tertiary alicyclic amines) is 1. The number of esters is 1. The Bertz CT molecular complexity index is 940. The number of halogens is 2. The number of hydrogen-bond acceptors (Lipinski definition) is 4. The van der Waals surface area contributed by atoms with Crippen LogP contribution in [0.25, 0.3) is 0 Å². The normalized spacial score (nSPS) is 14.4. The first-order valence-corrected chi connectivity index (χ1v) is 9.13. The van der Waals surface area contributed by atoms with Crippen LogP contribution in [0.5, 0.6) is 0 Å². The summed E-state index contributed by atoms with van der Waals surface area (Å²) in [4.78, 5) is 38.3. The van der Waals surface area contributed by atoms with Crippen LogP contribution in [0.3, 0.4) is 0 Å². The molecule has 3 rings (SSSR count). The summed E-state index contributed by atoms with van der Waals surface area (Å²) in [6.07, 6.45) is 0.779. The minimum atomic E-state index is -0.908. The standard InChI is InChI=1S/C21H20F2N2O4/c1-29-21(28)16-4-2-3-5-18(16)24-19(26)13-8-10-25(11-9-13)20(27)15-7-6-14(22)12-17(15)23/h2-7,12-13H,8-11H2,1H3,(H,24,26). The first kappa shape index (κ1) is 20.4. The zero-order chi connectivity index (χ0) is 21.0. The van der Waals surface area contributed by atoms with Crippen LogP contribution in [0, 0.1) is 17.6 Å². The van der Waals surface area contributed by atoms with E-state index in [0.717, 1.165) is 12.1 Å². The molecule has 0 spiro atoms. The molecule has 1 heterocycles. The summed E-state index contributed by atoms with van der Waals surface area (Å²) < 4.78 is 31.6. The third-order valence-corrected chi connectivity index (χ3v) is 4.90. The van der Waals surface area contributed by atoms with Crippen molar-refractivity contribution < 1.29 is 27.9 Å². The van der Waals surface area contributed by atoms with Gasteiger partial charge in [-0.25, -0.2) is 13.6 Å². The summed E-state index contributed by atoms with van der Waals surface area (Å²) >= 11 is 0. The summed E-state index contributed by atoms with van der Waals surface area (Å²) in [5.41, 5.74) is 0.417. The molecule has 2 aromatic rings. The van der Waals surface area contributed by atoms with Crippen molar-refractivity contribution >= 4 is 23.5 Å². The van der Waals surface area contributed by atoms with Gasteiger partial charge >= 0.3 is 5.97 Å². The second-order valence-corrected chi connectivity index (χ2v) is 6.72. The molecule has 1 saturated heterocycles. The van der Waals surface area contributed by atoms with Crippen molar-refractivity contribution in [3.05, 3.63) is 65.2 Å². The van der Waals surface area contributed by atoms with E-state index in [2.05, 4.69) is 5.32 Å². The summed E-state index contributed by atoms with van der Waals surface area (Å²) in [6, 6.07) is 9.36.